The van der Waals surface area contributed by atoms with Crippen molar-refractivity contribution in [3.05, 3.63) is 35.6 Å². The summed E-state index contributed by atoms with van der Waals surface area (Å²) in [4.78, 5) is 7.04. The van der Waals surface area contributed by atoms with E-state index in [9.17, 15) is 4.39 Å². The Kier molecular flexibility index (Phi) is 7.33. The van der Waals surface area contributed by atoms with E-state index < -0.39 is 0 Å². The van der Waals surface area contributed by atoms with Crippen LogP contribution in [-0.2, 0) is 11.2 Å². The normalized spacial score (nSPS) is 18.5. The Morgan fingerprint density at radius 2 is 2.35 bits per heavy atom. The van der Waals surface area contributed by atoms with Gasteiger partial charge in [0.2, 0.25) is 0 Å². The van der Waals surface area contributed by atoms with E-state index in [2.05, 4.69) is 17.1 Å². The average Bonchev–Trinajstić information content (AvgIpc) is 2.99. The Bertz CT molecular complexity index is 507. The molecule has 5 heteroatoms. The molecule has 1 N–H and O–H groups in total. The van der Waals surface area contributed by atoms with Gasteiger partial charge in [-0.25, -0.2) is 4.39 Å². The van der Waals surface area contributed by atoms with Crippen molar-refractivity contribution in [1.29, 1.82) is 0 Å². The molecule has 128 valence electrons. The monoisotopic (exact) mass is 321 g/mol. The van der Waals surface area contributed by atoms with Crippen molar-refractivity contribution >= 4 is 5.96 Å². The van der Waals surface area contributed by atoms with Gasteiger partial charge in [-0.05, 0) is 43.9 Å². The molecule has 1 saturated heterocycles. The van der Waals surface area contributed by atoms with Crippen molar-refractivity contribution in [3.63, 3.8) is 0 Å². The zero-order valence-electron chi connectivity index (χ0n) is 14.2. The molecular weight excluding hydrogens is 293 g/mol. The van der Waals surface area contributed by atoms with Crippen LogP contribution in [0.4, 0.5) is 4.39 Å². The number of methoxy groups -OCH3 is 1. The summed E-state index contributed by atoms with van der Waals surface area (Å²) >= 11 is 0. The Morgan fingerprint density at radius 1 is 1.48 bits per heavy atom. The molecule has 1 aliphatic heterocycles. The van der Waals surface area contributed by atoms with Crippen LogP contribution in [0.3, 0.4) is 0 Å². The molecule has 0 bridgehead atoms. The maximum absolute atomic E-state index is 13.2. The van der Waals surface area contributed by atoms with E-state index in [0.29, 0.717) is 5.92 Å². The lowest BCUT2D eigenvalue weighted by molar-refractivity contribution is 0.157. The second kappa shape index (κ2) is 9.50. The Labute approximate surface area is 138 Å². The molecule has 0 radical (unpaired) electrons. The fourth-order valence-electron chi connectivity index (χ4n) is 2.98. The van der Waals surface area contributed by atoms with Gasteiger partial charge in [-0.15, -0.1) is 0 Å². The molecule has 0 spiro atoms. The molecule has 0 aliphatic carbocycles. The average molecular weight is 321 g/mol. The first-order valence-electron chi connectivity index (χ1n) is 8.49. The van der Waals surface area contributed by atoms with Gasteiger partial charge in [-0.3, -0.25) is 4.99 Å². The number of likely N-dealkylation sites (tertiary alicyclic amines) is 1. The lowest BCUT2D eigenvalue weighted by atomic mass is 10.1. The molecule has 1 aromatic rings. The molecule has 0 aromatic heterocycles. The predicted molar refractivity (Wildman–Crippen MR) is 92.3 cm³/mol. The molecule has 1 unspecified atom stereocenters. The third-order valence-corrected chi connectivity index (χ3v) is 4.10. The van der Waals surface area contributed by atoms with E-state index in [4.69, 9.17) is 9.73 Å². The third-order valence-electron chi connectivity index (χ3n) is 4.10. The Morgan fingerprint density at radius 3 is 3.09 bits per heavy atom. The number of nitrogens with one attached hydrogen (secondary N) is 1. The fraction of sp³-hybridized carbons (Fsp3) is 0.611. The van der Waals surface area contributed by atoms with Crippen LogP contribution in [0, 0.1) is 11.7 Å². The van der Waals surface area contributed by atoms with Crippen LogP contribution >= 0.6 is 0 Å². The smallest absolute Gasteiger partial charge is 0.193 e. The van der Waals surface area contributed by atoms with Gasteiger partial charge >= 0.3 is 0 Å². The standard InChI is InChI=1S/C18H28FN3O/c1-3-20-18(22-11-9-16(13-22)14-23-2)21-10-5-7-15-6-4-8-17(19)12-15/h4,6,8,12,16H,3,5,7,9-11,13-14H2,1-2H3,(H,20,21). The van der Waals surface area contributed by atoms with Crippen LogP contribution < -0.4 is 5.32 Å². The number of halogens is 1. The summed E-state index contributed by atoms with van der Waals surface area (Å²) in [6.45, 7) is 6.56. The lowest BCUT2D eigenvalue weighted by Crippen LogP contribution is -2.40. The van der Waals surface area contributed by atoms with E-state index in [1.807, 2.05) is 6.07 Å². The van der Waals surface area contributed by atoms with Gasteiger partial charge in [0.15, 0.2) is 5.96 Å². The minimum atomic E-state index is -0.166. The zero-order valence-corrected chi connectivity index (χ0v) is 14.2. The Hall–Kier alpha value is -1.62. The highest BCUT2D eigenvalue weighted by Gasteiger charge is 2.24. The third kappa shape index (κ3) is 5.82. The van der Waals surface area contributed by atoms with E-state index in [0.717, 1.165) is 63.6 Å². The maximum Gasteiger partial charge on any atom is 0.193 e. The predicted octanol–water partition coefficient (Wildman–Crippen LogP) is 2.69. The number of nitrogens with zero attached hydrogens (tertiary/aromatic N) is 2. The number of rotatable bonds is 7. The van der Waals surface area contributed by atoms with Crippen LogP contribution in [0.2, 0.25) is 0 Å². The SMILES string of the molecule is CCNC(=NCCCc1cccc(F)c1)N1CCC(COC)C1. The molecule has 1 aliphatic rings. The van der Waals surface area contributed by atoms with Gasteiger partial charge in [0, 0.05) is 39.2 Å². The number of hydrogen-bond donors (Lipinski definition) is 1. The van der Waals surface area contributed by atoms with E-state index >= 15 is 0 Å². The Balaban J connectivity index is 1.82. The fourth-order valence-corrected chi connectivity index (χ4v) is 2.98. The minimum absolute atomic E-state index is 0.166. The van der Waals surface area contributed by atoms with Crippen molar-refractivity contribution in [2.75, 3.05) is 39.9 Å². The first-order chi connectivity index (χ1) is 11.2. The molecule has 1 atom stereocenters. The molecule has 4 nitrogen and oxygen atoms in total. The summed E-state index contributed by atoms with van der Waals surface area (Å²) in [5, 5.41) is 3.37. The summed E-state index contributed by atoms with van der Waals surface area (Å²) in [7, 11) is 1.76. The minimum Gasteiger partial charge on any atom is -0.384 e. The van der Waals surface area contributed by atoms with E-state index in [-0.39, 0.29) is 5.82 Å². The van der Waals surface area contributed by atoms with E-state index in [1.54, 1.807) is 19.2 Å². The highest BCUT2D eigenvalue weighted by Crippen LogP contribution is 2.16. The first-order valence-corrected chi connectivity index (χ1v) is 8.49. The lowest BCUT2D eigenvalue weighted by Gasteiger charge is -2.21. The van der Waals surface area contributed by atoms with Crippen molar-refractivity contribution in [1.82, 2.24) is 10.2 Å². The van der Waals surface area contributed by atoms with Crippen LogP contribution in [0.15, 0.2) is 29.3 Å². The number of guanidine groups is 1. The van der Waals surface area contributed by atoms with E-state index in [1.165, 1.54) is 6.07 Å². The topological polar surface area (TPSA) is 36.9 Å². The highest BCUT2D eigenvalue weighted by molar-refractivity contribution is 5.80. The number of benzene rings is 1. The van der Waals surface area contributed by atoms with Crippen LogP contribution in [0.1, 0.15) is 25.3 Å². The maximum atomic E-state index is 13.2. The first kappa shape index (κ1) is 17.7. The molecule has 0 saturated carbocycles. The van der Waals surface area contributed by atoms with Crippen LogP contribution in [0.25, 0.3) is 0 Å². The van der Waals surface area contributed by atoms with Gasteiger partial charge in [-0.1, -0.05) is 12.1 Å². The van der Waals surface area contributed by atoms with Crippen LogP contribution in [0.5, 0.6) is 0 Å². The van der Waals surface area contributed by atoms with Crippen LogP contribution in [-0.4, -0.2) is 50.8 Å². The quantitative estimate of drug-likeness (QED) is 0.477. The highest BCUT2D eigenvalue weighted by atomic mass is 19.1. The molecular formula is C18H28FN3O. The van der Waals surface area contributed by atoms with Crippen molar-refractivity contribution in [3.8, 4) is 0 Å². The molecule has 2 rings (SSSR count). The van der Waals surface area contributed by atoms with Gasteiger partial charge in [0.25, 0.3) is 0 Å². The van der Waals surface area contributed by atoms with Gasteiger partial charge in [-0.2, -0.15) is 0 Å². The molecule has 1 fully saturated rings. The summed E-state index contributed by atoms with van der Waals surface area (Å²) in [6, 6.07) is 6.81. The van der Waals surface area contributed by atoms with Gasteiger partial charge in [0.1, 0.15) is 5.82 Å². The number of aliphatic imine (C=N–C) groups is 1. The molecule has 1 heterocycles. The summed E-state index contributed by atoms with van der Waals surface area (Å²) in [5.74, 6) is 1.42. The van der Waals surface area contributed by atoms with Gasteiger partial charge < -0.3 is 15.0 Å². The van der Waals surface area contributed by atoms with Crippen molar-refractivity contribution < 1.29 is 9.13 Å². The summed E-state index contributed by atoms with van der Waals surface area (Å²) in [6.07, 6.45) is 2.93. The number of ether oxygens (including phenoxy) is 1. The number of aryl methyl sites for hydroxylation is 1. The van der Waals surface area contributed by atoms with Gasteiger partial charge in [0.05, 0.1) is 6.61 Å². The van der Waals surface area contributed by atoms with Crippen molar-refractivity contribution in [2.45, 2.75) is 26.2 Å². The molecule has 23 heavy (non-hydrogen) atoms. The summed E-state index contributed by atoms with van der Waals surface area (Å²) < 4.78 is 18.4. The summed E-state index contributed by atoms with van der Waals surface area (Å²) in [5.41, 5.74) is 1.03. The number of hydrogen-bond acceptors (Lipinski definition) is 2. The second-order valence-electron chi connectivity index (χ2n) is 6.03. The second-order valence-corrected chi connectivity index (χ2v) is 6.03. The molecule has 1 aromatic carbocycles. The zero-order chi connectivity index (χ0) is 16.5. The molecule has 0 amide bonds. The largest absolute Gasteiger partial charge is 0.384 e. The van der Waals surface area contributed by atoms with Crippen molar-refractivity contribution in [2.24, 2.45) is 10.9 Å².